The molecule has 2 rings (SSSR count). The minimum Gasteiger partial charge on any atom is -0.349 e. The maximum atomic E-state index is 12.2. The maximum absolute atomic E-state index is 12.2. The van der Waals surface area contributed by atoms with Crippen LogP contribution in [-0.2, 0) is 14.4 Å². The fourth-order valence-electron chi connectivity index (χ4n) is 2.58. The molecule has 0 radical (unpaired) electrons. The van der Waals surface area contributed by atoms with Gasteiger partial charge in [0.2, 0.25) is 17.7 Å². The van der Waals surface area contributed by atoms with Crippen LogP contribution in [0.2, 0.25) is 0 Å². The van der Waals surface area contributed by atoms with Gasteiger partial charge < -0.3 is 16.0 Å². The second-order valence-corrected chi connectivity index (χ2v) is 7.07. The first kappa shape index (κ1) is 20.6. The van der Waals surface area contributed by atoms with Crippen molar-refractivity contribution in [1.29, 1.82) is 0 Å². The first-order valence-corrected chi connectivity index (χ1v) is 9.29. The van der Waals surface area contributed by atoms with E-state index < -0.39 is 6.04 Å². The minimum absolute atomic E-state index is 0.0498. The van der Waals surface area contributed by atoms with Crippen LogP contribution in [-0.4, -0.2) is 24.3 Å². The Balaban J connectivity index is 1.89. The van der Waals surface area contributed by atoms with E-state index in [2.05, 4.69) is 31.9 Å². The summed E-state index contributed by atoms with van der Waals surface area (Å²) in [6.45, 7) is 3.15. The molecular weight excluding hydrogens is 410 g/mol. The van der Waals surface area contributed by atoms with E-state index >= 15 is 0 Å². The molecule has 7 heteroatoms. The molecule has 0 bridgehead atoms. The van der Waals surface area contributed by atoms with E-state index in [0.717, 1.165) is 15.6 Å². The zero-order chi connectivity index (χ0) is 19.8. The Labute approximate surface area is 166 Å². The third kappa shape index (κ3) is 6.86. The average molecular weight is 432 g/mol. The molecule has 0 aliphatic carbocycles. The van der Waals surface area contributed by atoms with E-state index in [9.17, 15) is 14.4 Å². The van der Waals surface area contributed by atoms with Gasteiger partial charge in [0.25, 0.3) is 0 Å². The van der Waals surface area contributed by atoms with Crippen molar-refractivity contribution in [1.82, 2.24) is 10.6 Å². The molecule has 0 spiro atoms. The summed E-state index contributed by atoms with van der Waals surface area (Å²) in [7, 11) is 0. The van der Waals surface area contributed by atoms with Crippen LogP contribution in [0.1, 0.15) is 30.5 Å². The van der Waals surface area contributed by atoms with Crippen LogP contribution < -0.4 is 16.0 Å². The first-order chi connectivity index (χ1) is 12.8. The van der Waals surface area contributed by atoms with Gasteiger partial charge in [0.05, 0.1) is 19.0 Å². The van der Waals surface area contributed by atoms with Crippen LogP contribution in [0.4, 0.5) is 5.69 Å². The molecule has 0 unspecified atom stereocenters. The van der Waals surface area contributed by atoms with E-state index in [1.165, 1.54) is 6.92 Å². The van der Waals surface area contributed by atoms with E-state index in [0.29, 0.717) is 5.69 Å². The number of hydrogen-bond donors (Lipinski definition) is 3. The monoisotopic (exact) mass is 431 g/mol. The molecule has 0 aromatic heterocycles. The van der Waals surface area contributed by atoms with Crippen molar-refractivity contribution in [3.8, 4) is 0 Å². The zero-order valence-corrected chi connectivity index (χ0v) is 16.8. The van der Waals surface area contributed by atoms with Crippen LogP contribution in [0, 0.1) is 6.92 Å². The second-order valence-electron chi connectivity index (χ2n) is 6.15. The Morgan fingerprint density at radius 2 is 1.74 bits per heavy atom. The van der Waals surface area contributed by atoms with Gasteiger partial charge in [0.1, 0.15) is 0 Å². The lowest BCUT2D eigenvalue weighted by atomic mass is 10.0. The Morgan fingerprint density at radius 1 is 1.04 bits per heavy atom. The predicted octanol–water partition coefficient (Wildman–Crippen LogP) is 3.08. The summed E-state index contributed by atoms with van der Waals surface area (Å²) in [6, 6.07) is 14.3. The molecule has 0 aliphatic rings. The number of amides is 3. The number of rotatable bonds is 7. The van der Waals surface area contributed by atoms with E-state index in [1.54, 1.807) is 6.07 Å². The van der Waals surface area contributed by atoms with Gasteiger partial charge in [-0.3, -0.25) is 14.4 Å². The van der Waals surface area contributed by atoms with Gasteiger partial charge in [0.15, 0.2) is 0 Å². The second kappa shape index (κ2) is 9.87. The molecule has 0 aliphatic heterocycles. The molecule has 27 heavy (non-hydrogen) atoms. The molecule has 0 heterocycles. The summed E-state index contributed by atoms with van der Waals surface area (Å²) in [5.41, 5.74) is 2.44. The molecule has 3 amide bonds. The predicted molar refractivity (Wildman–Crippen MR) is 108 cm³/mol. The molecule has 1 atom stereocenters. The van der Waals surface area contributed by atoms with Gasteiger partial charge in [-0.15, -0.1) is 0 Å². The number of halogens is 1. The highest BCUT2D eigenvalue weighted by atomic mass is 79.9. The molecule has 0 saturated heterocycles. The number of carbonyl (C=O) groups is 3. The number of anilines is 1. The molecule has 0 fully saturated rings. The third-order valence-electron chi connectivity index (χ3n) is 3.88. The molecule has 2 aromatic rings. The zero-order valence-electron chi connectivity index (χ0n) is 15.2. The molecule has 142 valence electrons. The lowest BCUT2D eigenvalue weighted by Gasteiger charge is -2.18. The summed E-state index contributed by atoms with van der Waals surface area (Å²) in [5, 5.41) is 8.12. The first-order valence-electron chi connectivity index (χ1n) is 8.50. The van der Waals surface area contributed by atoms with Crippen LogP contribution in [0.25, 0.3) is 0 Å². The number of benzene rings is 2. The Kier molecular flexibility index (Phi) is 7.55. The van der Waals surface area contributed by atoms with Crippen molar-refractivity contribution in [2.75, 3.05) is 11.9 Å². The van der Waals surface area contributed by atoms with Crippen molar-refractivity contribution >= 4 is 39.3 Å². The average Bonchev–Trinajstić information content (AvgIpc) is 2.62. The van der Waals surface area contributed by atoms with Crippen molar-refractivity contribution in [3.05, 3.63) is 64.1 Å². The quantitative estimate of drug-likeness (QED) is 0.629. The molecule has 6 nitrogen and oxygen atoms in total. The van der Waals surface area contributed by atoms with Gasteiger partial charge in [-0.2, -0.15) is 0 Å². The number of carbonyl (C=O) groups excluding carboxylic acids is 3. The van der Waals surface area contributed by atoms with Crippen molar-refractivity contribution in [3.63, 3.8) is 0 Å². The highest BCUT2D eigenvalue weighted by Gasteiger charge is 2.17. The van der Waals surface area contributed by atoms with Crippen molar-refractivity contribution in [2.24, 2.45) is 0 Å². The lowest BCUT2D eigenvalue weighted by Crippen LogP contribution is -2.36. The Hall–Kier alpha value is -2.67. The fraction of sp³-hybridized carbons (Fsp3) is 0.250. The number of hydrogen-bond acceptors (Lipinski definition) is 3. The highest BCUT2D eigenvalue weighted by molar-refractivity contribution is 9.10. The SMILES string of the molecule is CC(=O)N[C@@H](CC(=O)NCC(=O)Nc1ccc(Br)cc1C)c1ccccc1. The number of nitrogens with one attached hydrogen (secondary N) is 3. The lowest BCUT2D eigenvalue weighted by molar-refractivity contribution is -0.125. The topological polar surface area (TPSA) is 87.3 Å². The van der Waals surface area contributed by atoms with E-state index in [-0.39, 0.29) is 30.7 Å². The summed E-state index contributed by atoms with van der Waals surface area (Å²) >= 11 is 3.37. The van der Waals surface area contributed by atoms with Gasteiger partial charge in [-0.25, -0.2) is 0 Å². The summed E-state index contributed by atoms with van der Waals surface area (Å²) in [4.78, 5) is 35.7. The van der Waals surface area contributed by atoms with Crippen LogP contribution >= 0.6 is 15.9 Å². The fourth-order valence-corrected chi connectivity index (χ4v) is 3.06. The molecular formula is C20H22BrN3O3. The van der Waals surface area contributed by atoms with E-state index in [4.69, 9.17) is 0 Å². The smallest absolute Gasteiger partial charge is 0.243 e. The molecule has 2 aromatic carbocycles. The third-order valence-corrected chi connectivity index (χ3v) is 4.37. The van der Waals surface area contributed by atoms with Crippen LogP contribution in [0.5, 0.6) is 0 Å². The summed E-state index contributed by atoms with van der Waals surface area (Å²) in [5.74, 6) is -0.857. The maximum Gasteiger partial charge on any atom is 0.243 e. The molecule has 0 saturated carbocycles. The largest absolute Gasteiger partial charge is 0.349 e. The standard InChI is InChI=1S/C20H22BrN3O3/c1-13-10-16(21)8-9-17(13)24-20(27)12-22-19(26)11-18(23-14(2)25)15-6-4-3-5-7-15/h3-10,18H,11-12H2,1-2H3,(H,22,26)(H,23,25)(H,24,27)/t18-/m0/s1. The van der Waals surface area contributed by atoms with Gasteiger partial charge in [-0.05, 0) is 36.2 Å². The summed E-state index contributed by atoms with van der Waals surface area (Å²) < 4.78 is 0.927. The minimum atomic E-state index is -0.444. The molecule has 3 N–H and O–H groups in total. The number of aryl methyl sites for hydroxylation is 1. The van der Waals surface area contributed by atoms with Crippen LogP contribution in [0.15, 0.2) is 53.0 Å². The van der Waals surface area contributed by atoms with E-state index in [1.807, 2.05) is 49.4 Å². The van der Waals surface area contributed by atoms with Crippen molar-refractivity contribution < 1.29 is 14.4 Å². The van der Waals surface area contributed by atoms with Gasteiger partial charge in [-0.1, -0.05) is 46.3 Å². The Morgan fingerprint density at radius 3 is 2.37 bits per heavy atom. The van der Waals surface area contributed by atoms with Gasteiger partial charge in [0, 0.05) is 17.1 Å². The van der Waals surface area contributed by atoms with Crippen molar-refractivity contribution in [2.45, 2.75) is 26.3 Å². The Bertz CT molecular complexity index is 824. The highest BCUT2D eigenvalue weighted by Crippen LogP contribution is 2.20. The van der Waals surface area contributed by atoms with Crippen LogP contribution in [0.3, 0.4) is 0 Å². The van der Waals surface area contributed by atoms with Gasteiger partial charge >= 0.3 is 0 Å². The normalized spacial score (nSPS) is 11.4. The summed E-state index contributed by atoms with van der Waals surface area (Å²) in [6.07, 6.45) is 0.0498.